The van der Waals surface area contributed by atoms with E-state index in [2.05, 4.69) is 5.32 Å². The molecule has 0 fully saturated rings. The van der Waals surface area contributed by atoms with E-state index in [1.165, 1.54) is 26.0 Å². The number of rotatable bonds is 4. The van der Waals surface area contributed by atoms with Gasteiger partial charge in [0, 0.05) is 0 Å². The summed E-state index contributed by atoms with van der Waals surface area (Å²) in [6.07, 6.45) is 0. The van der Waals surface area contributed by atoms with Gasteiger partial charge in [-0.15, -0.1) is 0 Å². The molecule has 0 spiro atoms. The first kappa shape index (κ1) is 17.5. The molecule has 1 aromatic rings. The molecule has 0 heterocycles. The highest BCUT2D eigenvalue weighted by Crippen LogP contribution is 2.41. The summed E-state index contributed by atoms with van der Waals surface area (Å²) in [4.78, 5) is 10.6. The van der Waals surface area contributed by atoms with Crippen molar-refractivity contribution in [1.82, 2.24) is 5.43 Å². The van der Waals surface area contributed by atoms with E-state index in [0.29, 0.717) is 0 Å². The van der Waals surface area contributed by atoms with Crippen molar-refractivity contribution in [2.75, 3.05) is 11.9 Å². The maximum Gasteiger partial charge on any atom is 0.333 e. The molecule has 6 N–H and O–H groups in total. The number of phenols is 1. The average molecular weight is 338 g/mol. The van der Waals surface area contributed by atoms with Gasteiger partial charge in [-0.2, -0.15) is 0 Å². The number of nitrogens with one attached hydrogen (secondary N) is 2. The Labute approximate surface area is 126 Å². The highest BCUT2D eigenvalue weighted by atomic mass is 35.5. The number of urea groups is 1. The Morgan fingerprint density at radius 3 is 2.48 bits per heavy atom. The number of hydrogen-bond acceptors (Lipinski definition) is 6. The molecule has 2 amide bonds. The molecule has 0 saturated heterocycles. The van der Waals surface area contributed by atoms with Crippen LogP contribution in [-0.2, 0) is 9.84 Å². The Hall–Kier alpha value is -1.55. The summed E-state index contributed by atoms with van der Waals surface area (Å²) in [6, 6.07) is 1.57. The molecule has 118 valence electrons. The number of halogens is 1. The number of nitrogens with two attached hydrogens (primary N) is 1. The molecule has 0 unspecified atom stereocenters. The summed E-state index contributed by atoms with van der Waals surface area (Å²) >= 11 is 5.85. The van der Waals surface area contributed by atoms with Crippen molar-refractivity contribution in [3.8, 4) is 5.75 Å². The van der Waals surface area contributed by atoms with E-state index in [1.807, 2.05) is 0 Å². The summed E-state index contributed by atoms with van der Waals surface area (Å²) in [5, 5.41) is 21.2. The van der Waals surface area contributed by atoms with Gasteiger partial charge >= 0.3 is 6.03 Å². The third-order valence-corrected chi connectivity index (χ3v) is 5.80. The molecule has 10 heteroatoms. The maximum absolute atomic E-state index is 12.5. The smallest absolute Gasteiger partial charge is 0.333 e. The summed E-state index contributed by atoms with van der Waals surface area (Å²) in [7, 11) is -4.15. The zero-order valence-electron chi connectivity index (χ0n) is 11.3. The van der Waals surface area contributed by atoms with Crippen LogP contribution >= 0.6 is 11.6 Å². The van der Waals surface area contributed by atoms with Crippen LogP contribution < -0.4 is 16.6 Å². The van der Waals surface area contributed by atoms with Gasteiger partial charge in [0.2, 0.25) is 0 Å². The molecule has 0 aliphatic heterocycles. The lowest BCUT2D eigenvalue weighted by molar-refractivity contribution is 0.252. The van der Waals surface area contributed by atoms with Crippen molar-refractivity contribution in [2.45, 2.75) is 23.5 Å². The number of aliphatic hydroxyl groups is 1. The van der Waals surface area contributed by atoms with Crippen molar-refractivity contribution in [3.63, 3.8) is 0 Å². The molecule has 0 aliphatic rings. The van der Waals surface area contributed by atoms with Crippen LogP contribution in [0, 0.1) is 0 Å². The number of carbonyl (C=O) groups excluding carboxylic acids is 1. The minimum Gasteiger partial charge on any atom is -0.504 e. The van der Waals surface area contributed by atoms with Crippen LogP contribution in [0.3, 0.4) is 0 Å². The van der Waals surface area contributed by atoms with Gasteiger partial charge in [-0.05, 0) is 26.0 Å². The van der Waals surface area contributed by atoms with Gasteiger partial charge in [-0.1, -0.05) is 11.6 Å². The molecular formula is C11H16ClN3O5S. The molecule has 1 aromatic carbocycles. The predicted octanol–water partition coefficient (Wildman–Crippen LogP) is 0.585. The first-order valence-electron chi connectivity index (χ1n) is 5.73. The Kier molecular flexibility index (Phi) is 5.05. The number of aromatic hydroxyl groups is 1. The monoisotopic (exact) mass is 337 g/mol. The van der Waals surface area contributed by atoms with Crippen LogP contribution in [0.25, 0.3) is 0 Å². The van der Waals surface area contributed by atoms with E-state index in [1.54, 1.807) is 5.43 Å². The fourth-order valence-electron chi connectivity index (χ4n) is 1.42. The van der Waals surface area contributed by atoms with Gasteiger partial charge < -0.3 is 15.5 Å². The normalized spacial score (nSPS) is 12.0. The summed E-state index contributed by atoms with van der Waals surface area (Å²) in [5.74, 6) is 4.16. The third kappa shape index (κ3) is 3.21. The van der Waals surface area contributed by atoms with Gasteiger partial charge in [0.15, 0.2) is 15.6 Å². The summed E-state index contributed by atoms with van der Waals surface area (Å²) in [5.41, 5.74) is 1.59. The Bertz CT molecular complexity index is 660. The molecule has 1 rings (SSSR count). The lowest BCUT2D eigenvalue weighted by Gasteiger charge is -2.24. The standard InChI is InChI=1S/C11H16ClN3O5S/c1-11(2,5-16)21(19,20)9-6(12)3-4-7(8(9)17)14-10(18)15-13/h3-4,16-17H,5,13H2,1-2H3,(H2,14,15,18). The van der Waals surface area contributed by atoms with Crippen LogP contribution in [-0.4, -0.2) is 36.0 Å². The Balaban J connectivity index is 3.51. The summed E-state index contributed by atoms with van der Waals surface area (Å²) in [6.45, 7) is 1.89. The fourth-order valence-corrected chi connectivity index (χ4v) is 3.29. The predicted molar refractivity (Wildman–Crippen MR) is 77.8 cm³/mol. The number of aliphatic hydroxyl groups excluding tert-OH is 1. The lowest BCUT2D eigenvalue weighted by Crippen LogP contribution is -2.36. The Morgan fingerprint density at radius 1 is 1.43 bits per heavy atom. The Morgan fingerprint density at radius 2 is 2.00 bits per heavy atom. The van der Waals surface area contributed by atoms with Crippen LogP contribution in [0.5, 0.6) is 5.75 Å². The third-order valence-electron chi connectivity index (χ3n) is 2.84. The molecule has 8 nitrogen and oxygen atoms in total. The maximum atomic E-state index is 12.5. The van der Waals surface area contributed by atoms with Crippen LogP contribution in [0.15, 0.2) is 17.0 Å². The topological polar surface area (TPSA) is 142 Å². The second-order valence-electron chi connectivity index (χ2n) is 4.79. The largest absolute Gasteiger partial charge is 0.504 e. The van der Waals surface area contributed by atoms with Gasteiger partial charge in [0.05, 0.1) is 22.1 Å². The second kappa shape index (κ2) is 6.06. The number of anilines is 1. The zero-order valence-corrected chi connectivity index (χ0v) is 12.9. The number of hydrazine groups is 1. The SMILES string of the molecule is CC(C)(CO)S(=O)(=O)c1c(Cl)ccc(NC(=O)NN)c1O. The van der Waals surface area contributed by atoms with E-state index < -0.39 is 37.9 Å². The van der Waals surface area contributed by atoms with Crippen LogP contribution in [0.2, 0.25) is 5.02 Å². The first-order valence-corrected chi connectivity index (χ1v) is 7.59. The molecule has 0 atom stereocenters. The van der Waals surface area contributed by atoms with Crippen molar-refractivity contribution in [1.29, 1.82) is 0 Å². The quantitative estimate of drug-likeness (QED) is 0.235. The number of hydrogen-bond donors (Lipinski definition) is 5. The number of benzene rings is 1. The number of amides is 2. The fraction of sp³-hybridized carbons (Fsp3) is 0.364. The van der Waals surface area contributed by atoms with E-state index in [4.69, 9.17) is 17.4 Å². The molecule has 0 aliphatic carbocycles. The zero-order chi connectivity index (χ0) is 16.4. The molecule has 0 saturated carbocycles. The number of sulfone groups is 1. The van der Waals surface area contributed by atoms with Gasteiger partial charge in [0.25, 0.3) is 0 Å². The van der Waals surface area contributed by atoms with Gasteiger partial charge in [0.1, 0.15) is 4.90 Å². The van der Waals surface area contributed by atoms with E-state index in [9.17, 15) is 23.4 Å². The van der Waals surface area contributed by atoms with Crippen molar-refractivity contribution in [3.05, 3.63) is 17.2 Å². The molecule has 0 bridgehead atoms. The second-order valence-corrected chi connectivity index (χ2v) is 7.72. The highest BCUT2D eigenvalue weighted by Gasteiger charge is 2.39. The van der Waals surface area contributed by atoms with Crippen LogP contribution in [0.1, 0.15) is 13.8 Å². The molecule has 0 radical (unpaired) electrons. The molecule has 21 heavy (non-hydrogen) atoms. The number of carbonyl (C=O) groups is 1. The summed E-state index contributed by atoms with van der Waals surface area (Å²) < 4.78 is 23.4. The lowest BCUT2D eigenvalue weighted by atomic mass is 10.2. The first-order chi connectivity index (χ1) is 9.58. The van der Waals surface area contributed by atoms with Crippen LogP contribution in [0.4, 0.5) is 10.5 Å². The van der Waals surface area contributed by atoms with E-state index in [0.717, 1.165) is 0 Å². The number of phenolic OH excluding ortho intramolecular Hbond substituents is 1. The minimum absolute atomic E-state index is 0.185. The van der Waals surface area contributed by atoms with Gasteiger partial charge in [-0.3, -0.25) is 5.43 Å². The van der Waals surface area contributed by atoms with Crippen molar-refractivity contribution < 1.29 is 23.4 Å². The van der Waals surface area contributed by atoms with E-state index >= 15 is 0 Å². The van der Waals surface area contributed by atoms with Gasteiger partial charge in [-0.25, -0.2) is 19.1 Å². The highest BCUT2D eigenvalue weighted by molar-refractivity contribution is 7.93. The van der Waals surface area contributed by atoms with Crippen molar-refractivity contribution >= 4 is 33.2 Å². The minimum atomic E-state index is -4.15. The average Bonchev–Trinajstić information content (AvgIpc) is 2.41. The van der Waals surface area contributed by atoms with Crippen molar-refractivity contribution in [2.24, 2.45) is 5.84 Å². The molecular weight excluding hydrogens is 322 g/mol. The molecule has 0 aromatic heterocycles. The van der Waals surface area contributed by atoms with E-state index in [-0.39, 0.29) is 10.7 Å².